The highest BCUT2D eigenvalue weighted by Gasteiger charge is 2.44. The van der Waals surface area contributed by atoms with E-state index in [4.69, 9.17) is 0 Å². The number of hydrogen-bond acceptors (Lipinski definition) is 4. The summed E-state index contributed by atoms with van der Waals surface area (Å²) in [6, 6.07) is 9.16. The van der Waals surface area contributed by atoms with Crippen LogP contribution in [0.25, 0.3) is 0 Å². The van der Waals surface area contributed by atoms with E-state index in [1.807, 2.05) is 18.2 Å². The average Bonchev–Trinajstić information content (AvgIpc) is 3.20. The second-order valence-corrected chi connectivity index (χ2v) is 6.90. The molecule has 7 heteroatoms. The van der Waals surface area contributed by atoms with Gasteiger partial charge in [-0.1, -0.05) is 30.3 Å². The van der Waals surface area contributed by atoms with Crippen LogP contribution >= 0.6 is 0 Å². The number of nitrogens with one attached hydrogen (secondary N) is 1. The summed E-state index contributed by atoms with van der Waals surface area (Å²) < 4.78 is 0. The maximum atomic E-state index is 13.0. The summed E-state index contributed by atoms with van der Waals surface area (Å²) in [6.07, 6.45) is 1.85. The molecule has 3 fully saturated rings. The van der Waals surface area contributed by atoms with Crippen molar-refractivity contribution in [3.63, 3.8) is 0 Å². The second kappa shape index (κ2) is 6.48. The molecule has 0 spiro atoms. The Labute approximate surface area is 146 Å². The Bertz CT molecular complexity index is 693. The number of rotatable bonds is 3. The van der Waals surface area contributed by atoms with Crippen molar-refractivity contribution in [2.75, 3.05) is 26.2 Å². The molecule has 1 N–H and O–H groups in total. The average molecular weight is 342 g/mol. The number of benzene rings is 1. The van der Waals surface area contributed by atoms with Gasteiger partial charge in [0, 0.05) is 19.6 Å². The molecule has 0 bridgehead atoms. The van der Waals surface area contributed by atoms with E-state index in [0.717, 1.165) is 25.9 Å². The van der Waals surface area contributed by atoms with E-state index < -0.39 is 6.04 Å². The van der Waals surface area contributed by atoms with Gasteiger partial charge in [0.1, 0.15) is 6.04 Å². The van der Waals surface area contributed by atoms with Gasteiger partial charge >= 0.3 is 6.03 Å². The first-order valence-electron chi connectivity index (χ1n) is 8.82. The van der Waals surface area contributed by atoms with E-state index in [9.17, 15) is 14.4 Å². The predicted octanol–water partition coefficient (Wildman–Crippen LogP) is 0.414. The minimum absolute atomic E-state index is 0.0835. The number of hydrogen-bond donors (Lipinski definition) is 1. The molecule has 2 atom stereocenters. The number of imide groups is 1. The van der Waals surface area contributed by atoms with Crippen molar-refractivity contribution in [1.29, 1.82) is 0 Å². The van der Waals surface area contributed by atoms with Gasteiger partial charge in [-0.05, 0) is 24.9 Å². The summed E-state index contributed by atoms with van der Waals surface area (Å²) in [5.41, 5.74) is 1.20. The molecule has 1 aromatic rings. The topological polar surface area (TPSA) is 73.0 Å². The van der Waals surface area contributed by atoms with E-state index in [0.29, 0.717) is 19.6 Å². The standard InChI is InChI=1S/C18H22N4O3/c23-16-15-12-21(9-10-22(15)18(25)19-16)17(24)14-7-4-8-20(14)11-13-5-2-1-3-6-13/h1-3,5-6,14-15H,4,7-12H2,(H,19,23,25)/t14-,15-/m1/s1. The number of fused-ring (bicyclic) bond motifs is 1. The number of piperazine rings is 1. The number of carbonyl (C=O) groups is 3. The summed E-state index contributed by atoms with van der Waals surface area (Å²) in [7, 11) is 0. The molecule has 3 aliphatic heterocycles. The Morgan fingerprint density at radius 1 is 1.12 bits per heavy atom. The van der Waals surface area contributed by atoms with Crippen LogP contribution in [-0.2, 0) is 16.1 Å². The van der Waals surface area contributed by atoms with Crippen molar-refractivity contribution in [2.45, 2.75) is 31.5 Å². The molecule has 3 saturated heterocycles. The highest BCUT2D eigenvalue weighted by Crippen LogP contribution is 2.24. The van der Waals surface area contributed by atoms with Crippen LogP contribution in [0.4, 0.5) is 4.79 Å². The zero-order valence-corrected chi connectivity index (χ0v) is 14.1. The van der Waals surface area contributed by atoms with Crippen LogP contribution < -0.4 is 5.32 Å². The summed E-state index contributed by atoms with van der Waals surface area (Å²) in [5, 5.41) is 2.33. The third kappa shape index (κ3) is 3.00. The number of likely N-dealkylation sites (tertiary alicyclic amines) is 1. The monoisotopic (exact) mass is 342 g/mol. The zero-order valence-electron chi connectivity index (χ0n) is 14.1. The summed E-state index contributed by atoms with van der Waals surface area (Å²) in [4.78, 5) is 42.1. The van der Waals surface area contributed by atoms with Gasteiger partial charge in [-0.3, -0.25) is 19.8 Å². The fourth-order valence-corrected chi connectivity index (χ4v) is 4.03. The van der Waals surface area contributed by atoms with Crippen LogP contribution in [0.2, 0.25) is 0 Å². The quantitative estimate of drug-likeness (QED) is 0.808. The zero-order chi connectivity index (χ0) is 17.4. The minimum atomic E-state index is -0.533. The smallest absolute Gasteiger partial charge is 0.324 e. The van der Waals surface area contributed by atoms with Gasteiger partial charge in [0.25, 0.3) is 5.91 Å². The summed E-state index contributed by atoms with van der Waals surface area (Å²) in [5.74, 6) is -0.213. The molecule has 7 nitrogen and oxygen atoms in total. The number of carbonyl (C=O) groups excluding carboxylic acids is 3. The molecule has 0 aromatic heterocycles. The van der Waals surface area contributed by atoms with Crippen LogP contribution in [0.5, 0.6) is 0 Å². The van der Waals surface area contributed by atoms with Crippen LogP contribution in [-0.4, -0.2) is 70.8 Å². The lowest BCUT2D eigenvalue weighted by Gasteiger charge is -2.38. The Hall–Kier alpha value is -2.41. The Balaban J connectivity index is 1.43. The molecule has 25 heavy (non-hydrogen) atoms. The van der Waals surface area contributed by atoms with Crippen LogP contribution in [0.3, 0.4) is 0 Å². The van der Waals surface area contributed by atoms with Crippen molar-refractivity contribution in [3.05, 3.63) is 35.9 Å². The molecule has 3 aliphatic rings. The fourth-order valence-electron chi connectivity index (χ4n) is 4.03. The van der Waals surface area contributed by atoms with Crippen LogP contribution in [0.15, 0.2) is 30.3 Å². The van der Waals surface area contributed by atoms with Gasteiger partial charge < -0.3 is 9.80 Å². The first-order chi connectivity index (χ1) is 12.1. The molecule has 0 aliphatic carbocycles. The van der Waals surface area contributed by atoms with Crippen molar-refractivity contribution >= 4 is 17.8 Å². The van der Waals surface area contributed by atoms with Crippen molar-refractivity contribution in [1.82, 2.24) is 20.0 Å². The Morgan fingerprint density at radius 3 is 2.72 bits per heavy atom. The van der Waals surface area contributed by atoms with E-state index in [2.05, 4.69) is 22.3 Å². The van der Waals surface area contributed by atoms with Gasteiger partial charge in [0.05, 0.1) is 12.6 Å². The number of nitrogens with zero attached hydrogens (tertiary/aromatic N) is 3. The maximum Gasteiger partial charge on any atom is 0.324 e. The van der Waals surface area contributed by atoms with Crippen molar-refractivity contribution in [3.8, 4) is 0 Å². The fraction of sp³-hybridized carbons (Fsp3) is 0.500. The molecule has 1 aromatic carbocycles. The molecular formula is C18H22N4O3. The van der Waals surface area contributed by atoms with E-state index in [1.165, 1.54) is 10.5 Å². The summed E-state index contributed by atoms with van der Waals surface area (Å²) in [6.45, 7) is 2.88. The molecular weight excluding hydrogens is 320 g/mol. The van der Waals surface area contributed by atoms with E-state index in [-0.39, 0.29) is 23.9 Å². The second-order valence-electron chi connectivity index (χ2n) is 6.90. The molecule has 4 amide bonds. The number of amides is 4. The lowest BCUT2D eigenvalue weighted by molar-refractivity contribution is -0.139. The predicted molar refractivity (Wildman–Crippen MR) is 90.5 cm³/mol. The van der Waals surface area contributed by atoms with E-state index in [1.54, 1.807) is 4.90 Å². The molecule has 0 radical (unpaired) electrons. The summed E-state index contributed by atoms with van der Waals surface area (Å²) >= 11 is 0. The Morgan fingerprint density at radius 2 is 1.92 bits per heavy atom. The minimum Gasteiger partial charge on any atom is -0.337 e. The van der Waals surface area contributed by atoms with Crippen molar-refractivity contribution in [2.24, 2.45) is 0 Å². The van der Waals surface area contributed by atoms with Crippen LogP contribution in [0, 0.1) is 0 Å². The third-order valence-corrected chi connectivity index (χ3v) is 5.36. The lowest BCUT2D eigenvalue weighted by atomic mass is 10.1. The number of urea groups is 1. The van der Waals surface area contributed by atoms with Gasteiger partial charge in [-0.15, -0.1) is 0 Å². The molecule has 132 valence electrons. The first kappa shape index (κ1) is 16.1. The lowest BCUT2D eigenvalue weighted by Crippen LogP contribution is -2.57. The maximum absolute atomic E-state index is 13.0. The normalized spacial score (nSPS) is 26.7. The third-order valence-electron chi connectivity index (χ3n) is 5.36. The van der Waals surface area contributed by atoms with Gasteiger partial charge in [-0.25, -0.2) is 4.79 Å². The molecule has 0 saturated carbocycles. The van der Waals surface area contributed by atoms with Gasteiger partial charge in [-0.2, -0.15) is 0 Å². The van der Waals surface area contributed by atoms with Crippen molar-refractivity contribution < 1.29 is 14.4 Å². The largest absolute Gasteiger partial charge is 0.337 e. The van der Waals surface area contributed by atoms with Gasteiger partial charge in [0.2, 0.25) is 5.91 Å². The van der Waals surface area contributed by atoms with Gasteiger partial charge in [0.15, 0.2) is 0 Å². The molecule has 4 rings (SSSR count). The molecule has 3 heterocycles. The molecule has 0 unspecified atom stereocenters. The SMILES string of the molecule is O=C1NC(=O)N2CCN(C(=O)[C@H]3CCCN3Cc3ccccc3)C[C@H]12. The van der Waals surface area contributed by atoms with Crippen LogP contribution in [0.1, 0.15) is 18.4 Å². The Kier molecular flexibility index (Phi) is 4.17. The highest BCUT2D eigenvalue weighted by atomic mass is 16.2. The first-order valence-corrected chi connectivity index (χ1v) is 8.82. The van der Waals surface area contributed by atoms with E-state index >= 15 is 0 Å². The highest BCUT2D eigenvalue weighted by molar-refractivity contribution is 6.04.